The summed E-state index contributed by atoms with van der Waals surface area (Å²) in [5.74, 6) is 0.984. The van der Waals surface area contributed by atoms with Crippen molar-refractivity contribution in [3.63, 3.8) is 0 Å². The average Bonchev–Trinajstić information content (AvgIpc) is 3.44. The van der Waals surface area contributed by atoms with E-state index in [-0.39, 0.29) is 16.6 Å². The van der Waals surface area contributed by atoms with Crippen molar-refractivity contribution >= 4 is 11.0 Å². The molecular weight excluding hydrogens is 601 g/mol. The predicted molar refractivity (Wildman–Crippen MR) is 203 cm³/mol. The molecule has 0 radical (unpaired) electrons. The molecule has 244 valence electrons. The van der Waals surface area contributed by atoms with Gasteiger partial charge in [0.2, 0.25) is 0 Å². The maximum Gasteiger partial charge on any atom is 0.144 e. The summed E-state index contributed by atoms with van der Waals surface area (Å²) in [6.45, 7) is 13.0. The van der Waals surface area contributed by atoms with Crippen LogP contribution in [0.5, 0.6) is 5.75 Å². The van der Waals surface area contributed by atoms with Crippen LogP contribution in [0.3, 0.4) is 0 Å². The van der Waals surface area contributed by atoms with Crippen molar-refractivity contribution in [2.45, 2.75) is 52.4 Å². The summed E-state index contributed by atoms with van der Waals surface area (Å²) in [4.78, 5) is 14.8. The normalized spacial score (nSPS) is 12.1. The Morgan fingerprint density at radius 1 is 0.571 bits per heavy atom. The maximum absolute atomic E-state index is 11.7. The molecule has 0 aliphatic heterocycles. The van der Waals surface area contributed by atoms with Gasteiger partial charge < -0.3 is 9.67 Å². The van der Waals surface area contributed by atoms with Crippen LogP contribution in [0.2, 0.25) is 0 Å². The average molecular weight is 643 g/mol. The van der Waals surface area contributed by atoms with Crippen LogP contribution in [0.1, 0.15) is 52.7 Å². The monoisotopic (exact) mass is 642 g/mol. The highest BCUT2D eigenvalue weighted by atomic mass is 16.3. The fourth-order valence-electron chi connectivity index (χ4n) is 6.46. The Balaban J connectivity index is 1.28. The van der Waals surface area contributed by atoms with Gasteiger partial charge in [-0.1, -0.05) is 120 Å². The number of pyridine rings is 2. The van der Waals surface area contributed by atoms with Crippen molar-refractivity contribution < 1.29 is 5.11 Å². The molecule has 1 N–H and O–H groups in total. The second kappa shape index (κ2) is 12.2. The molecule has 49 heavy (non-hydrogen) atoms. The van der Waals surface area contributed by atoms with Crippen molar-refractivity contribution in [1.82, 2.24) is 19.5 Å². The van der Waals surface area contributed by atoms with Crippen molar-refractivity contribution in [2.24, 2.45) is 7.05 Å². The minimum absolute atomic E-state index is 0.100. The number of imidazole rings is 1. The van der Waals surface area contributed by atoms with Crippen molar-refractivity contribution in [1.29, 1.82) is 0 Å². The fourth-order valence-corrected chi connectivity index (χ4v) is 6.46. The van der Waals surface area contributed by atoms with E-state index < -0.39 is 0 Å². The van der Waals surface area contributed by atoms with Crippen molar-refractivity contribution in [3.8, 4) is 61.9 Å². The minimum atomic E-state index is -0.241. The summed E-state index contributed by atoms with van der Waals surface area (Å²) in [6, 6.07) is 37.9. The number of phenolic OH excluding ortho intramolecular Hbond substituents is 1. The first-order valence-electron chi connectivity index (χ1n) is 16.8. The zero-order valence-corrected chi connectivity index (χ0v) is 29.3. The Morgan fingerprint density at radius 3 is 1.90 bits per heavy atom. The van der Waals surface area contributed by atoms with Crippen LogP contribution in [0.4, 0.5) is 0 Å². The van der Waals surface area contributed by atoms with Gasteiger partial charge in [0.15, 0.2) is 0 Å². The fraction of sp³-hybridized carbons (Fsp3) is 0.205. The molecule has 0 fully saturated rings. The van der Waals surface area contributed by atoms with Crippen LogP contribution in [-0.2, 0) is 17.9 Å². The summed E-state index contributed by atoms with van der Waals surface area (Å²) in [5, 5.41) is 11.7. The van der Waals surface area contributed by atoms with Gasteiger partial charge in [0.05, 0.1) is 22.5 Å². The Bertz CT molecular complexity index is 2300. The lowest BCUT2D eigenvalue weighted by atomic mass is 9.79. The molecule has 0 unspecified atom stereocenters. The number of aromatic nitrogens is 4. The SMILES string of the molecule is Cn1c(-c2cc(C(C)(C)C)cc(C(C)(C)C)c2O)nc2c(-c3cccc(-c4cc(-c5ccc(-c6ccccc6)cc5)ccn4)c3)nccc21. The lowest BCUT2D eigenvalue weighted by molar-refractivity contribution is 0.446. The summed E-state index contributed by atoms with van der Waals surface area (Å²) < 4.78 is 2.06. The van der Waals surface area contributed by atoms with Crippen LogP contribution < -0.4 is 0 Å². The van der Waals surface area contributed by atoms with Gasteiger partial charge in [-0.3, -0.25) is 9.97 Å². The largest absolute Gasteiger partial charge is 0.507 e. The van der Waals surface area contributed by atoms with Gasteiger partial charge in [-0.2, -0.15) is 0 Å². The van der Waals surface area contributed by atoms with Gasteiger partial charge >= 0.3 is 0 Å². The molecule has 0 aliphatic carbocycles. The Hall–Kier alpha value is -5.55. The Kier molecular flexibility index (Phi) is 7.95. The molecule has 0 amide bonds. The first-order chi connectivity index (χ1) is 23.4. The van der Waals surface area contributed by atoms with Gasteiger partial charge in [-0.05, 0) is 69.0 Å². The lowest BCUT2D eigenvalue weighted by Crippen LogP contribution is -2.17. The minimum Gasteiger partial charge on any atom is -0.507 e. The van der Waals surface area contributed by atoms with Crippen LogP contribution in [0.15, 0.2) is 122 Å². The van der Waals surface area contributed by atoms with E-state index in [1.54, 1.807) is 0 Å². The van der Waals surface area contributed by atoms with Crippen LogP contribution in [0.25, 0.3) is 67.2 Å². The highest BCUT2D eigenvalue weighted by molar-refractivity contribution is 5.93. The molecule has 0 saturated carbocycles. The third-order valence-corrected chi connectivity index (χ3v) is 9.34. The number of aryl methyl sites for hydroxylation is 1. The number of fused-ring (bicyclic) bond motifs is 1. The zero-order chi connectivity index (χ0) is 34.5. The van der Waals surface area contributed by atoms with Crippen molar-refractivity contribution in [2.75, 3.05) is 0 Å². The molecule has 4 aromatic carbocycles. The Labute approximate surface area is 289 Å². The van der Waals surface area contributed by atoms with E-state index in [1.807, 2.05) is 37.6 Å². The first kappa shape index (κ1) is 32.0. The summed E-state index contributed by atoms with van der Waals surface area (Å²) in [6.07, 6.45) is 3.70. The number of hydrogen-bond acceptors (Lipinski definition) is 4. The second-order valence-electron chi connectivity index (χ2n) is 14.9. The quantitative estimate of drug-likeness (QED) is 0.203. The Morgan fingerprint density at radius 2 is 1.20 bits per heavy atom. The van der Waals surface area contributed by atoms with E-state index in [2.05, 4.69) is 137 Å². The number of phenols is 1. The molecule has 3 heterocycles. The summed E-state index contributed by atoms with van der Waals surface area (Å²) in [5.41, 5.74) is 12.5. The van der Waals surface area contributed by atoms with Gasteiger partial charge in [0.25, 0.3) is 0 Å². The first-order valence-corrected chi connectivity index (χ1v) is 16.8. The molecular formula is C44H42N4O. The van der Waals surface area contributed by atoms with Gasteiger partial charge in [0, 0.05) is 36.1 Å². The smallest absolute Gasteiger partial charge is 0.144 e. The molecule has 0 atom stereocenters. The predicted octanol–water partition coefficient (Wildman–Crippen LogP) is 11.0. The van der Waals surface area contributed by atoms with Crippen LogP contribution in [-0.4, -0.2) is 24.6 Å². The number of rotatable bonds is 5. The molecule has 7 rings (SSSR count). The van der Waals surface area contributed by atoms with E-state index >= 15 is 0 Å². The molecule has 7 aromatic rings. The molecule has 0 aliphatic rings. The third-order valence-electron chi connectivity index (χ3n) is 9.34. The van der Waals surface area contributed by atoms with Gasteiger partial charge in [-0.15, -0.1) is 0 Å². The van der Waals surface area contributed by atoms with Gasteiger partial charge in [-0.25, -0.2) is 4.98 Å². The zero-order valence-electron chi connectivity index (χ0n) is 29.3. The van der Waals surface area contributed by atoms with E-state index in [4.69, 9.17) is 15.0 Å². The molecule has 0 saturated heterocycles. The molecule has 0 bridgehead atoms. The van der Waals surface area contributed by atoms with Crippen molar-refractivity contribution in [3.05, 3.63) is 133 Å². The van der Waals surface area contributed by atoms with E-state index in [1.165, 1.54) is 11.1 Å². The number of benzene rings is 4. The highest BCUT2D eigenvalue weighted by Gasteiger charge is 2.27. The third kappa shape index (κ3) is 6.13. The molecule has 3 aromatic heterocycles. The van der Waals surface area contributed by atoms with E-state index in [9.17, 15) is 5.11 Å². The summed E-state index contributed by atoms with van der Waals surface area (Å²) in [7, 11) is 2.01. The van der Waals surface area contributed by atoms with Gasteiger partial charge in [0.1, 0.15) is 17.1 Å². The van der Waals surface area contributed by atoms with Crippen LogP contribution >= 0.6 is 0 Å². The molecule has 5 nitrogen and oxygen atoms in total. The standard InChI is InChI=1S/C44H42N4O/c1-43(2,3)34-26-35(41(49)36(27-34)44(4,5)6)42-47-40-38(48(42)7)21-23-46-39(40)33-15-11-14-32(24-33)37-25-31(20-22-45-37)30-18-16-29(17-19-30)28-12-9-8-10-13-28/h8-27,49H,1-7H3. The maximum atomic E-state index is 11.7. The van der Waals surface area contributed by atoms with E-state index in [0.29, 0.717) is 5.82 Å². The van der Waals surface area contributed by atoms with Crippen LogP contribution in [0, 0.1) is 0 Å². The molecule has 5 heteroatoms. The topological polar surface area (TPSA) is 63.8 Å². The van der Waals surface area contributed by atoms with E-state index in [0.717, 1.165) is 61.4 Å². The second-order valence-corrected chi connectivity index (χ2v) is 14.9. The number of aromatic hydroxyl groups is 1. The highest BCUT2D eigenvalue weighted by Crippen LogP contribution is 2.43. The number of nitrogens with zero attached hydrogens (tertiary/aromatic N) is 4. The number of hydrogen-bond donors (Lipinski definition) is 1. The lowest BCUT2D eigenvalue weighted by Gasteiger charge is -2.27. The summed E-state index contributed by atoms with van der Waals surface area (Å²) >= 11 is 0. The molecule has 0 spiro atoms.